The van der Waals surface area contributed by atoms with E-state index in [4.69, 9.17) is 9.47 Å². The van der Waals surface area contributed by atoms with Gasteiger partial charge in [0.1, 0.15) is 0 Å². The number of rotatable bonds is 4. The lowest BCUT2D eigenvalue weighted by Crippen LogP contribution is -2.65. The molecule has 0 aromatic heterocycles. The molecule has 10 unspecified atom stereocenters. The van der Waals surface area contributed by atoms with Crippen LogP contribution < -0.4 is 0 Å². The minimum atomic E-state index is -0.725. The number of fused-ring (bicyclic) bond motifs is 4. The van der Waals surface area contributed by atoms with Crippen molar-refractivity contribution in [1.82, 2.24) is 0 Å². The third kappa shape index (κ3) is 3.29. The van der Waals surface area contributed by atoms with Crippen LogP contribution in [0.25, 0.3) is 0 Å². The zero-order valence-corrected chi connectivity index (χ0v) is 25.5. The highest BCUT2D eigenvalue weighted by atomic mass is 16.5. The van der Waals surface area contributed by atoms with Crippen LogP contribution in [0.1, 0.15) is 127 Å². The summed E-state index contributed by atoms with van der Waals surface area (Å²) in [5, 5.41) is 12.1. The van der Waals surface area contributed by atoms with Gasteiger partial charge in [-0.25, -0.2) is 0 Å². The number of ether oxygens (including phenoxy) is 2. The van der Waals surface area contributed by atoms with Crippen molar-refractivity contribution in [2.45, 2.75) is 156 Å². The first-order valence-electron chi connectivity index (χ1n) is 15.8. The molecule has 6 rings (SSSR count). The third-order valence-corrected chi connectivity index (χ3v) is 14.0. The zero-order valence-electron chi connectivity index (χ0n) is 25.5. The molecule has 2 spiro atoms. The van der Waals surface area contributed by atoms with Crippen LogP contribution in [0, 0.1) is 45.3 Å². The van der Waals surface area contributed by atoms with Gasteiger partial charge in [0, 0.05) is 5.92 Å². The fourth-order valence-electron chi connectivity index (χ4n) is 12.8. The average molecular weight is 513 g/mol. The Balaban J connectivity index is 1.33. The molecule has 6 fully saturated rings. The largest absolute Gasteiger partial charge is 0.387 e. The van der Waals surface area contributed by atoms with Crippen molar-refractivity contribution in [2.75, 3.05) is 0 Å². The molecule has 3 nitrogen and oxygen atoms in total. The highest BCUT2D eigenvalue weighted by molar-refractivity contribution is 5.30. The summed E-state index contributed by atoms with van der Waals surface area (Å²) in [5.74, 6) is 2.42. The zero-order chi connectivity index (χ0) is 26.8. The van der Waals surface area contributed by atoms with E-state index in [0.29, 0.717) is 40.3 Å². The van der Waals surface area contributed by atoms with Crippen LogP contribution >= 0.6 is 0 Å². The van der Waals surface area contributed by atoms with Gasteiger partial charge < -0.3 is 14.6 Å². The molecule has 0 aromatic rings. The predicted molar refractivity (Wildman–Crippen MR) is 150 cm³/mol. The van der Waals surface area contributed by atoms with Gasteiger partial charge in [0.2, 0.25) is 0 Å². The first-order chi connectivity index (χ1) is 17.1. The molecule has 0 aromatic carbocycles. The average Bonchev–Trinajstić information content (AvgIpc) is 3.38. The van der Waals surface area contributed by atoms with Crippen LogP contribution in [-0.4, -0.2) is 34.6 Å². The molecule has 6 aliphatic rings. The summed E-state index contributed by atoms with van der Waals surface area (Å²) in [4.78, 5) is 0. The second kappa shape index (κ2) is 8.10. The van der Waals surface area contributed by atoms with Crippen LogP contribution in [-0.2, 0) is 9.47 Å². The lowest BCUT2D eigenvalue weighted by molar-refractivity contribution is -0.239. The molecule has 210 valence electrons. The number of hydrogen-bond acceptors (Lipinski definition) is 3. The Morgan fingerprint density at radius 1 is 0.946 bits per heavy atom. The van der Waals surface area contributed by atoms with Crippen molar-refractivity contribution in [3.05, 3.63) is 11.6 Å². The van der Waals surface area contributed by atoms with Crippen LogP contribution in [0.5, 0.6) is 0 Å². The number of hydrogen-bond donors (Lipinski definition) is 1. The number of aliphatic hydroxyl groups is 1. The molecular weight excluding hydrogens is 456 g/mol. The molecule has 11 atom stereocenters. The molecular formula is C34H56O3. The maximum atomic E-state index is 12.1. The Labute approximate surface area is 227 Å². The van der Waals surface area contributed by atoms with Gasteiger partial charge in [0.25, 0.3) is 0 Å². The molecule has 1 N–H and O–H groups in total. The lowest BCUT2D eigenvalue weighted by Gasteiger charge is -2.70. The van der Waals surface area contributed by atoms with Crippen LogP contribution in [0.15, 0.2) is 11.6 Å². The summed E-state index contributed by atoms with van der Waals surface area (Å²) in [6.07, 6.45) is 15.3. The third-order valence-electron chi connectivity index (χ3n) is 14.0. The SMILES string of the molecule is CC(C)=CCC1OC23CCC4(C2)C(CCC2C4(C)CCC4C(C)(C)C(OC(C)C)CC[C@@]42C)C3C1(C)O. The minimum Gasteiger partial charge on any atom is -0.387 e. The predicted octanol–water partition coefficient (Wildman–Crippen LogP) is 8.09. The van der Waals surface area contributed by atoms with E-state index in [1.807, 2.05) is 0 Å². The molecule has 5 aliphatic carbocycles. The molecule has 2 bridgehead atoms. The van der Waals surface area contributed by atoms with E-state index in [1.54, 1.807) is 0 Å². The van der Waals surface area contributed by atoms with Gasteiger partial charge in [0.05, 0.1) is 29.5 Å². The second-order valence-electron chi connectivity index (χ2n) is 16.5. The quantitative estimate of drug-likeness (QED) is 0.387. The second-order valence-corrected chi connectivity index (χ2v) is 16.5. The standard InChI is InChI=1S/C34H56O3/c1-21(2)10-13-27-32(9,35)28-23-11-12-25-30(7)16-15-26(36-22(3)4)29(5,6)24(30)14-17-31(25,8)33(23)18-19-34(28,20-33)37-27/h10,22-28,35H,11-20H2,1-9H3/t23?,24?,25?,26?,27?,28?,30-,31?,32?,33?,34?/m0/s1. The summed E-state index contributed by atoms with van der Waals surface area (Å²) in [6.45, 7) is 21.3. The van der Waals surface area contributed by atoms with Crippen molar-refractivity contribution in [3.63, 3.8) is 0 Å². The summed E-state index contributed by atoms with van der Waals surface area (Å²) in [5.41, 5.74) is 1.81. The molecule has 0 amide bonds. The summed E-state index contributed by atoms with van der Waals surface area (Å²) in [7, 11) is 0. The van der Waals surface area contributed by atoms with Gasteiger partial charge in [-0.15, -0.1) is 0 Å². The van der Waals surface area contributed by atoms with E-state index < -0.39 is 5.60 Å². The van der Waals surface area contributed by atoms with Crippen molar-refractivity contribution in [1.29, 1.82) is 0 Å². The molecule has 0 radical (unpaired) electrons. The Morgan fingerprint density at radius 3 is 2.35 bits per heavy atom. The van der Waals surface area contributed by atoms with E-state index in [1.165, 1.54) is 56.9 Å². The Bertz CT molecular complexity index is 960. The van der Waals surface area contributed by atoms with Crippen LogP contribution in [0.4, 0.5) is 0 Å². The Hall–Kier alpha value is -0.380. The molecule has 3 heteroatoms. The first kappa shape index (κ1) is 26.8. The summed E-state index contributed by atoms with van der Waals surface area (Å²) in [6, 6.07) is 0. The van der Waals surface area contributed by atoms with Crippen molar-refractivity contribution in [2.24, 2.45) is 45.3 Å². The van der Waals surface area contributed by atoms with Gasteiger partial charge in [0.15, 0.2) is 0 Å². The molecule has 1 saturated heterocycles. The molecule has 1 heterocycles. The highest BCUT2D eigenvalue weighted by Gasteiger charge is 2.81. The highest BCUT2D eigenvalue weighted by Crippen LogP contribution is 2.82. The maximum Gasteiger partial charge on any atom is 0.0941 e. The van der Waals surface area contributed by atoms with E-state index in [9.17, 15) is 5.11 Å². The molecule has 5 saturated carbocycles. The lowest BCUT2D eigenvalue weighted by atomic mass is 9.34. The Kier molecular flexibility index (Phi) is 5.87. The van der Waals surface area contributed by atoms with Gasteiger partial charge >= 0.3 is 0 Å². The monoisotopic (exact) mass is 512 g/mol. The fourth-order valence-corrected chi connectivity index (χ4v) is 12.8. The van der Waals surface area contributed by atoms with Crippen LogP contribution in [0.2, 0.25) is 0 Å². The molecule has 37 heavy (non-hydrogen) atoms. The van der Waals surface area contributed by atoms with Gasteiger partial charge in [-0.05, 0) is 138 Å². The minimum absolute atomic E-state index is 0.0562. The van der Waals surface area contributed by atoms with Gasteiger partial charge in [-0.1, -0.05) is 39.3 Å². The summed E-state index contributed by atoms with van der Waals surface area (Å²) < 4.78 is 13.6. The first-order valence-corrected chi connectivity index (χ1v) is 15.8. The van der Waals surface area contributed by atoms with Crippen LogP contribution in [0.3, 0.4) is 0 Å². The van der Waals surface area contributed by atoms with Crippen molar-refractivity contribution in [3.8, 4) is 0 Å². The Morgan fingerprint density at radius 2 is 1.68 bits per heavy atom. The van der Waals surface area contributed by atoms with Gasteiger partial charge in [-0.2, -0.15) is 0 Å². The smallest absolute Gasteiger partial charge is 0.0941 e. The van der Waals surface area contributed by atoms with Crippen molar-refractivity contribution >= 4 is 0 Å². The van der Waals surface area contributed by atoms with Crippen molar-refractivity contribution < 1.29 is 14.6 Å². The fraction of sp³-hybridized carbons (Fsp3) is 0.941. The maximum absolute atomic E-state index is 12.1. The topological polar surface area (TPSA) is 38.7 Å². The molecule has 1 aliphatic heterocycles. The van der Waals surface area contributed by atoms with E-state index >= 15 is 0 Å². The number of allylic oxidation sites excluding steroid dienone is 1. The van der Waals surface area contributed by atoms with E-state index in [0.717, 1.165) is 24.7 Å². The van der Waals surface area contributed by atoms with E-state index in [-0.39, 0.29) is 17.1 Å². The van der Waals surface area contributed by atoms with E-state index in [2.05, 4.69) is 68.4 Å². The summed E-state index contributed by atoms with van der Waals surface area (Å²) >= 11 is 0. The normalized spacial score (nSPS) is 55.4. The van der Waals surface area contributed by atoms with Gasteiger partial charge in [-0.3, -0.25) is 0 Å².